The number of benzene rings is 2. The van der Waals surface area contributed by atoms with Crippen molar-refractivity contribution in [2.45, 2.75) is 0 Å². The molecular formula is C20H15F2N3. The number of rotatable bonds is 3. The third-order valence-electron chi connectivity index (χ3n) is 4.11. The summed E-state index contributed by atoms with van der Waals surface area (Å²) in [7, 11) is 1.88. The van der Waals surface area contributed by atoms with Crippen LogP contribution < -0.4 is 5.32 Å². The molecule has 5 heteroatoms. The van der Waals surface area contributed by atoms with Crippen molar-refractivity contribution in [3.8, 4) is 22.4 Å². The monoisotopic (exact) mass is 335 g/mol. The molecule has 0 saturated heterocycles. The van der Waals surface area contributed by atoms with Crippen LogP contribution >= 0.6 is 0 Å². The van der Waals surface area contributed by atoms with Gasteiger partial charge in [0.25, 0.3) is 0 Å². The van der Waals surface area contributed by atoms with Crippen molar-refractivity contribution in [1.29, 1.82) is 0 Å². The van der Waals surface area contributed by atoms with Gasteiger partial charge >= 0.3 is 0 Å². The van der Waals surface area contributed by atoms with Crippen molar-refractivity contribution >= 4 is 11.2 Å². The van der Waals surface area contributed by atoms with Crippen LogP contribution in [0.15, 0.2) is 66.9 Å². The lowest BCUT2D eigenvalue weighted by Gasteiger charge is -2.05. The lowest BCUT2D eigenvalue weighted by Crippen LogP contribution is -1.90. The molecule has 0 aliphatic heterocycles. The first kappa shape index (κ1) is 15.3. The minimum Gasteiger partial charge on any atom is -0.388 e. The summed E-state index contributed by atoms with van der Waals surface area (Å²) in [5.74, 6) is -1.23. The Balaban J connectivity index is 1.79. The van der Waals surface area contributed by atoms with E-state index in [0.29, 0.717) is 11.3 Å². The molecule has 25 heavy (non-hydrogen) atoms. The van der Waals surface area contributed by atoms with Gasteiger partial charge in [0, 0.05) is 30.6 Å². The van der Waals surface area contributed by atoms with E-state index in [0.717, 1.165) is 28.4 Å². The lowest BCUT2D eigenvalue weighted by atomic mass is 10.1. The van der Waals surface area contributed by atoms with Crippen LogP contribution in [0.25, 0.3) is 27.9 Å². The Morgan fingerprint density at radius 2 is 1.60 bits per heavy atom. The number of nitrogens with one attached hydrogen (secondary N) is 1. The molecule has 0 spiro atoms. The summed E-state index contributed by atoms with van der Waals surface area (Å²) in [4.78, 5) is 0. The van der Waals surface area contributed by atoms with E-state index in [1.165, 1.54) is 12.1 Å². The first-order chi connectivity index (χ1) is 12.1. The van der Waals surface area contributed by atoms with Crippen molar-refractivity contribution in [1.82, 2.24) is 9.61 Å². The molecule has 2 aromatic carbocycles. The van der Waals surface area contributed by atoms with Crippen molar-refractivity contribution < 1.29 is 8.78 Å². The quantitative estimate of drug-likeness (QED) is 0.572. The molecule has 0 saturated carbocycles. The maximum Gasteiger partial charge on any atom is 0.126 e. The first-order valence-corrected chi connectivity index (χ1v) is 7.86. The molecule has 0 aliphatic rings. The van der Waals surface area contributed by atoms with E-state index in [-0.39, 0.29) is 0 Å². The second-order valence-electron chi connectivity index (χ2n) is 5.80. The van der Waals surface area contributed by atoms with Gasteiger partial charge in [-0.15, -0.1) is 0 Å². The van der Waals surface area contributed by atoms with Crippen LogP contribution in [0.2, 0.25) is 0 Å². The molecule has 0 unspecified atom stereocenters. The molecular weight excluding hydrogens is 320 g/mol. The van der Waals surface area contributed by atoms with Gasteiger partial charge in [-0.05, 0) is 53.6 Å². The number of hydrogen-bond acceptors (Lipinski definition) is 2. The predicted octanol–water partition coefficient (Wildman–Crippen LogP) is 4.99. The van der Waals surface area contributed by atoms with Gasteiger partial charge in [-0.25, -0.2) is 13.3 Å². The van der Waals surface area contributed by atoms with Crippen LogP contribution in [0.5, 0.6) is 0 Å². The zero-order valence-corrected chi connectivity index (χ0v) is 13.5. The summed E-state index contributed by atoms with van der Waals surface area (Å²) in [6.07, 6.45) is 1.84. The van der Waals surface area contributed by atoms with Gasteiger partial charge < -0.3 is 5.32 Å². The van der Waals surface area contributed by atoms with Gasteiger partial charge in [0.1, 0.15) is 11.6 Å². The van der Waals surface area contributed by atoms with Gasteiger partial charge in [-0.1, -0.05) is 12.1 Å². The lowest BCUT2D eigenvalue weighted by molar-refractivity contribution is 0.584. The Kier molecular flexibility index (Phi) is 3.69. The van der Waals surface area contributed by atoms with Crippen molar-refractivity contribution in [3.05, 3.63) is 78.5 Å². The number of pyridine rings is 1. The zero-order valence-electron chi connectivity index (χ0n) is 13.5. The molecule has 0 fully saturated rings. The van der Waals surface area contributed by atoms with Crippen LogP contribution in [0.4, 0.5) is 14.5 Å². The Morgan fingerprint density at radius 3 is 2.36 bits per heavy atom. The van der Waals surface area contributed by atoms with Crippen LogP contribution in [0, 0.1) is 11.6 Å². The van der Waals surface area contributed by atoms with Gasteiger partial charge in [-0.2, -0.15) is 5.10 Å². The highest BCUT2D eigenvalue weighted by Gasteiger charge is 2.09. The number of anilines is 1. The molecule has 3 nitrogen and oxygen atoms in total. The smallest absolute Gasteiger partial charge is 0.126 e. The first-order valence-electron chi connectivity index (χ1n) is 7.86. The normalized spacial score (nSPS) is 11.0. The fourth-order valence-corrected chi connectivity index (χ4v) is 2.87. The van der Waals surface area contributed by atoms with Crippen molar-refractivity contribution in [2.24, 2.45) is 0 Å². The van der Waals surface area contributed by atoms with E-state index in [4.69, 9.17) is 0 Å². The summed E-state index contributed by atoms with van der Waals surface area (Å²) in [5, 5.41) is 7.53. The topological polar surface area (TPSA) is 29.3 Å². The van der Waals surface area contributed by atoms with Gasteiger partial charge in [0.2, 0.25) is 0 Å². The van der Waals surface area contributed by atoms with Crippen LogP contribution in [0.3, 0.4) is 0 Å². The highest BCUT2D eigenvalue weighted by atomic mass is 19.1. The standard InChI is InChI=1S/C20H15F2N3/c1-23-18-4-2-3-13(9-18)14-5-6-25-19(10-14)12-20(24-25)15-7-16(21)11-17(22)8-15/h2-12,23H,1H3. The van der Waals surface area contributed by atoms with E-state index in [1.54, 1.807) is 4.52 Å². The third kappa shape index (κ3) is 2.96. The number of fused-ring (bicyclic) bond motifs is 1. The molecule has 0 amide bonds. The zero-order chi connectivity index (χ0) is 17.4. The fraction of sp³-hybridized carbons (Fsp3) is 0.0500. The van der Waals surface area contributed by atoms with Gasteiger partial charge in [0.05, 0.1) is 11.2 Å². The maximum absolute atomic E-state index is 13.4. The predicted molar refractivity (Wildman–Crippen MR) is 95.5 cm³/mol. The highest BCUT2D eigenvalue weighted by molar-refractivity contribution is 5.74. The molecule has 0 aliphatic carbocycles. The minimum atomic E-state index is -0.614. The molecule has 0 atom stereocenters. The maximum atomic E-state index is 13.4. The van der Waals surface area contributed by atoms with E-state index < -0.39 is 11.6 Å². The summed E-state index contributed by atoms with van der Waals surface area (Å²) in [6.45, 7) is 0. The van der Waals surface area contributed by atoms with E-state index in [9.17, 15) is 8.78 Å². The molecule has 2 heterocycles. The minimum absolute atomic E-state index is 0.417. The Bertz CT molecular complexity index is 1050. The van der Waals surface area contributed by atoms with Crippen LogP contribution in [0.1, 0.15) is 0 Å². The molecule has 0 bridgehead atoms. The Morgan fingerprint density at radius 1 is 0.840 bits per heavy atom. The average molecular weight is 335 g/mol. The van der Waals surface area contributed by atoms with E-state index in [1.807, 2.05) is 49.6 Å². The average Bonchev–Trinajstić information content (AvgIpc) is 3.04. The fourth-order valence-electron chi connectivity index (χ4n) is 2.87. The van der Waals surface area contributed by atoms with Crippen molar-refractivity contribution in [3.63, 3.8) is 0 Å². The number of hydrogen-bond donors (Lipinski definition) is 1. The molecule has 1 N–H and O–H groups in total. The number of halogens is 2. The highest BCUT2D eigenvalue weighted by Crippen LogP contribution is 2.26. The second kappa shape index (κ2) is 6.02. The van der Waals surface area contributed by atoms with E-state index in [2.05, 4.69) is 16.5 Å². The Labute approximate surface area is 143 Å². The largest absolute Gasteiger partial charge is 0.388 e. The Hall–Kier alpha value is -3.21. The summed E-state index contributed by atoms with van der Waals surface area (Å²) < 4.78 is 28.6. The summed E-state index contributed by atoms with van der Waals surface area (Å²) >= 11 is 0. The molecule has 4 aromatic rings. The summed E-state index contributed by atoms with van der Waals surface area (Å²) in [6, 6.07) is 17.3. The van der Waals surface area contributed by atoms with Gasteiger partial charge in [0.15, 0.2) is 0 Å². The third-order valence-corrected chi connectivity index (χ3v) is 4.11. The molecule has 124 valence electrons. The molecule has 2 aromatic heterocycles. The SMILES string of the molecule is CNc1cccc(-c2ccn3nc(-c4cc(F)cc(F)c4)cc3c2)c1. The van der Waals surface area contributed by atoms with Gasteiger partial charge in [-0.3, -0.25) is 0 Å². The van der Waals surface area contributed by atoms with Crippen LogP contribution in [-0.4, -0.2) is 16.7 Å². The van der Waals surface area contributed by atoms with E-state index >= 15 is 0 Å². The molecule has 0 radical (unpaired) electrons. The second-order valence-corrected chi connectivity index (χ2v) is 5.80. The van der Waals surface area contributed by atoms with Crippen molar-refractivity contribution in [2.75, 3.05) is 12.4 Å². The molecule has 4 rings (SSSR count). The number of nitrogens with zero attached hydrogens (tertiary/aromatic N) is 2. The van der Waals surface area contributed by atoms with Crippen LogP contribution in [-0.2, 0) is 0 Å². The summed E-state index contributed by atoms with van der Waals surface area (Å²) in [5.41, 5.74) is 4.95. The number of aromatic nitrogens is 2.